The molecule has 0 saturated carbocycles. The van der Waals surface area contributed by atoms with Crippen molar-refractivity contribution in [1.29, 1.82) is 0 Å². The Morgan fingerprint density at radius 1 is 1.22 bits per heavy atom. The molecule has 2 aromatic rings. The van der Waals surface area contributed by atoms with Crippen LogP contribution >= 0.6 is 0 Å². The lowest BCUT2D eigenvalue weighted by molar-refractivity contribution is -0.130. The highest BCUT2D eigenvalue weighted by molar-refractivity contribution is 5.97. The highest BCUT2D eigenvalue weighted by Gasteiger charge is 2.16. The summed E-state index contributed by atoms with van der Waals surface area (Å²) in [6.45, 7) is 2.17. The number of aromatic amines is 1. The number of likely N-dealkylation sites (tertiary alicyclic amines) is 1. The summed E-state index contributed by atoms with van der Waals surface area (Å²) in [5.41, 5.74) is 1.55. The molecule has 1 aromatic carbocycles. The van der Waals surface area contributed by atoms with E-state index < -0.39 is 0 Å². The van der Waals surface area contributed by atoms with Gasteiger partial charge in [-0.1, -0.05) is 24.6 Å². The Labute approximate surface area is 136 Å². The van der Waals surface area contributed by atoms with Crippen LogP contribution in [0.2, 0.25) is 0 Å². The summed E-state index contributed by atoms with van der Waals surface area (Å²) in [6.07, 6.45) is 4.69. The maximum atomic E-state index is 12.2. The molecule has 2 heterocycles. The van der Waals surface area contributed by atoms with Crippen LogP contribution in [0.5, 0.6) is 0 Å². The van der Waals surface area contributed by atoms with Gasteiger partial charge in [-0.05, 0) is 31.4 Å². The number of nitrogens with zero attached hydrogens (tertiary/aromatic N) is 1. The number of amides is 2. The molecule has 0 radical (unpaired) electrons. The molecule has 1 aliphatic rings. The molecule has 0 spiro atoms. The summed E-state index contributed by atoms with van der Waals surface area (Å²) in [5, 5.41) is 3.96. The van der Waals surface area contributed by atoms with Crippen molar-refractivity contribution >= 4 is 22.7 Å². The second kappa shape index (κ2) is 7.31. The molecule has 5 nitrogen and oxygen atoms in total. The van der Waals surface area contributed by atoms with Gasteiger partial charge < -0.3 is 15.2 Å². The van der Waals surface area contributed by atoms with E-state index in [1.807, 2.05) is 35.2 Å². The Hall–Kier alpha value is -2.30. The zero-order valence-electron chi connectivity index (χ0n) is 13.3. The van der Waals surface area contributed by atoms with E-state index in [1.165, 1.54) is 0 Å². The number of carbonyl (C=O) groups is 2. The van der Waals surface area contributed by atoms with Gasteiger partial charge in [0.05, 0.1) is 0 Å². The Morgan fingerprint density at radius 2 is 2.09 bits per heavy atom. The van der Waals surface area contributed by atoms with Gasteiger partial charge in [0.1, 0.15) is 5.69 Å². The fourth-order valence-electron chi connectivity index (χ4n) is 3.04. The predicted octanol–water partition coefficient (Wildman–Crippen LogP) is 2.69. The third kappa shape index (κ3) is 3.92. The fraction of sp³-hybridized carbons (Fsp3) is 0.444. The molecule has 0 bridgehead atoms. The Bertz CT molecular complexity index is 659. The molecule has 1 saturated heterocycles. The molecule has 5 heteroatoms. The van der Waals surface area contributed by atoms with Crippen LogP contribution in [0, 0.1) is 0 Å². The number of rotatable bonds is 5. The number of hydrogen-bond acceptors (Lipinski definition) is 2. The fourth-order valence-corrected chi connectivity index (χ4v) is 3.04. The monoisotopic (exact) mass is 313 g/mol. The molecule has 2 N–H and O–H groups in total. The molecule has 2 amide bonds. The minimum atomic E-state index is -0.0941. The number of benzene rings is 1. The molecule has 0 atom stereocenters. The Balaban J connectivity index is 1.46. The smallest absolute Gasteiger partial charge is 0.267 e. The molecular formula is C18H23N3O2. The molecule has 1 fully saturated rings. The molecule has 0 aliphatic carbocycles. The topological polar surface area (TPSA) is 65.2 Å². The second-order valence-corrected chi connectivity index (χ2v) is 6.07. The quantitative estimate of drug-likeness (QED) is 0.834. The van der Waals surface area contributed by atoms with Crippen molar-refractivity contribution in [2.24, 2.45) is 0 Å². The van der Waals surface area contributed by atoms with Gasteiger partial charge in [0.25, 0.3) is 5.91 Å². The lowest BCUT2D eigenvalue weighted by Crippen LogP contribution is -2.34. The van der Waals surface area contributed by atoms with Gasteiger partial charge in [0, 0.05) is 37.0 Å². The highest BCUT2D eigenvalue weighted by atomic mass is 16.2. The first-order valence-electron chi connectivity index (χ1n) is 8.38. The van der Waals surface area contributed by atoms with Gasteiger partial charge in [0.2, 0.25) is 5.91 Å². The standard InChI is InChI=1S/C18H23N3O2/c22-17-9-2-1-5-11-21(17)12-6-10-19-18(23)16-13-14-7-3-4-8-15(14)20-16/h3-4,7-8,13,20H,1-2,5-6,9-12H2,(H,19,23). The number of para-hydroxylation sites is 1. The number of H-pyrrole nitrogens is 1. The van der Waals surface area contributed by atoms with Crippen molar-refractivity contribution in [3.63, 3.8) is 0 Å². The van der Waals surface area contributed by atoms with Crippen LogP contribution < -0.4 is 5.32 Å². The van der Waals surface area contributed by atoms with Crippen molar-refractivity contribution in [2.75, 3.05) is 19.6 Å². The van der Waals surface area contributed by atoms with Crippen LogP contribution in [0.1, 0.15) is 42.6 Å². The lowest BCUT2D eigenvalue weighted by Gasteiger charge is -2.20. The molecule has 0 unspecified atom stereocenters. The third-order valence-corrected chi connectivity index (χ3v) is 4.34. The minimum absolute atomic E-state index is 0.0941. The highest BCUT2D eigenvalue weighted by Crippen LogP contribution is 2.14. The van der Waals surface area contributed by atoms with E-state index >= 15 is 0 Å². The molecule has 23 heavy (non-hydrogen) atoms. The van der Waals surface area contributed by atoms with E-state index in [4.69, 9.17) is 0 Å². The number of nitrogens with one attached hydrogen (secondary N) is 2. The summed E-state index contributed by atoms with van der Waals surface area (Å²) in [7, 11) is 0. The summed E-state index contributed by atoms with van der Waals surface area (Å²) in [6, 6.07) is 9.70. The molecular weight excluding hydrogens is 290 g/mol. The first-order chi connectivity index (χ1) is 11.2. The van der Waals surface area contributed by atoms with Gasteiger partial charge >= 0.3 is 0 Å². The van der Waals surface area contributed by atoms with E-state index in [9.17, 15) is 9.59 Å². The molecule has 1 aromatic heterocycles. The second-order valence-electron chi connectivity index (χ2n) is 6.07. The van der Waals surface area contributed by atoms with Crippen LogP contribution in [0.3, 0.4) is 0 Å². The van der Waals surface area contributed by atoms with E-state index in [2.05, 4.69) is 10.3 Å². The third-order valence-electron chi connectivity index (χ3n) is 4.34. The van der Waals surface area contributed by atoms with Crippen LogP contribution in [0.15, 0.2) is 30.3 Å². The van der Waals surface area contributed by atoms with Gasteiger partial charge in [-0.15, -0.1) is 0 Å². The summed E-state index contributed by atoms with van der Waals surface area (Å²) < 4.78 is 0. The molecule has 122 valence electrons. The van der Waals surface area contributed by atoms with Crippen LogP contribution in [0.25, 0.3) is 10.9 Å². The van der Waals surface area contributed by atoms with Crippen molar-refractivity contribution in [3.8, 4) is 0 Å². The summed E-state index contributed by atoms with van der Waals surface area (Å²) in [5.74, 6) is 0.160. The maximum Gasteiger partial charge on any atom is 0.267 e. The number of carbonyl (C=O) groups excluding carboxylic acids is 2. The SMILES string of the molecule is O=C(NCCCN1CCCCCC1=O)c1cc2ccccc2[nH]1. The summed E-state index contributed by atoms with van der Waals surface area (Å²) in [4.78, 5) is 29.1. The normalized spacial score (nSPS) is 15.7. The zero-order chi connectivity index (χ0) is 16.1. The van der Waals surface area contributed by atoms with E-state index in [1.54, 1.807) is 0 Å². The lowest BCUT2D eigenvalue weighted by atomic mass is 10.2. The first kappa shape index (κ1) is 15.6. The Kier molecular flexibility index (Phi) is 4.95. The van der Waals surface area contributed by atoms with Gasteiger partial charge in [-0.25, -0.2) is 0 Å². The number of aromatic nitrogens is 1. The van der Waals surface area contributed by atoms with Crippen molar-refractivity contribution < 1.29 is 9.59 Å². The minimum Gasteiger partial charge on any atom is -0.351 e. The van der Waals surface area contributed by atoms with Gasteiger partial charge in [-0.3, -0.25) is 9.59 Å². The van der Waals surface area contributed by atoms with E-state index in [0.717, 1.165) is 49.7 Å². The zero-order valence-corrected chi connectivity index (χ0v) is 13.3. The number of hydrogen-bond donors (Lipinski definition) is 2. The van der Waals surface area contributed by atoms with Crippen LogP contribution in [-0.4, -0.2) is 41.3 Å². The number of fused-ring (bicyclic) bond motifs is 1. The average molecular weight is 313 g/mol. The van der Waals surface area contributed by atoms with Crippen molar-refractivity contribution in [3.05, 3.63) is 36.0 Å². The van der Waals surface area contributed by atoms with Crippen molar-refractivity contribution in [2.45, 2.75) is 32.1 Å². The maximum absolute atomic E-state index is 12.2. The van der Waals surface area contributed by atoms with Crippen LogP contribution in [-0.2, 0) is 4.79 Å². The van der Waals surface area contributed by atoms with Gasteiger partial charge in [-0.2, -0.15) is 0 Å². The molecule has 1 aliphatic heterocycles. The van der Waals surface area contributed by atoms with E-state index in [0.29, 0.717) is 18.7 Å². The van der Waals surface area contributed by atoms with Crippen molar-refractivity contribution in [1.82, 2.24) is 15.2 Å². The van der Waals surface area contributed by atoms with Gasteiger partial charge in [0.15, 0.2) is 0 Å². The Morgan fingerprint density at radius 3 is 2.96 bits per heavy atom. The van der Waals surface area contributed by atoms with Crippen LogP contribution in [0.4, 0.5) is 0 Å². The average Bonchev–Trinajstić information content (AvgIpc) is 2.89. The summed E-state index contributed by atoms with van der Waals surface area (Å²) >= 11 is 0. The predicted molar refractivity (Wildman–Crippen MR) is 90.3 cm³/mol. The molecule has 3 rings (SSSR count). The van der Waals surface area contributed by atoms with E-state index in [-0.39, 0.29) is 11.8 Å². The first-order valence-corrected chi connectivity index (χ1v) is 8.38. The largest absolute Gasteiger partial charge is 0.351 e.